The molecular formula is C14H19ClN2O3. The molecule has 1 unspecified atom stereocenters. The van der Waals surface area contributed by atoms with Crippen LogP contribution in [0.15, 0.2) is 24.3 Å². The maximum Gasteiger partial charge on any atom is 0.322 e. The molecule has 1 amide bonds. The van der Waals surface area contributed by atoms with E-state index < -0.39 is 5.97 Å². The number of carbonyl (C=O) groups excluding carboxylic acids is 1. The third kappa shape index (κ3) is 4.21. The van der Waals surface area contributed by atoms with Crippen LogP contribution < -0.4 is 5.32 Å². The summed E-state index contributed by atoms with van der Waals surface area (Å²) in [6.07, 6.45) is 0.919. The molecule has 0 aromatic heterocycles. The maximum absolute atomic E-state index is 11.7. The van der Waals surface area contributed by atoms with E-state index in [0.717, 1.165) is 13.0 Å². The van der Waals surface area contributed by atoms with Gasteiger partial charge < -0.3 is 10.4 Å². The number of aliphatic carboxylic acids is 1. The highest BCUT2D eigenvalue weighted by atomic mass is 35.5. The zero-order chi connectivity index (χ0) is 13.8. The van der Waals surface area contributed by atoms with Crippen molar-refractivity contribution < 1.29 is 14.7 Å². The van der Waals surface area contributed by atoms with E-state index in [-0.39, 0.29) is 37.4 Å². The van der Waals surface area contributed by atoms with E-state index in [4.69, 9.17) is 5.11 Å². The number of fused-ring (bicyclic) bond motifs is 1. The Hall–Kier alpha value is -1.59. The molecular weight excluding hydrogens is 280 g/mol. The second-order valence-electron chi connectivity index (χ2n) is 4.90. The van der Waals surface area contributed by atoms with Crippen molar-refractivity contribution in [2.24, 2.45) is 0 Å². The van der Waals surface area contributed by atoms with Gasteiger partial charge >= 0.3 is 5.97 Å². The molecule has 20 heavy (non-hydrogen) atoms. The fourth-order valence-corrected chi connectivity index (χ4v) is 2.36. The monoisotopic (exact) mass is 298 g/mol. The lowest BCUT2D eigenvalue weighted by Gasteiger charge is -2.34. The first-order valence-electron chi connectivity index (χ1n) is 6.35. The topological polar surface area (TPSA) is 69.6 Å². The van der Waals surface area contributed by atoms with Crippen molar-refractivity contribution >= 4 is 24.3 Å². The van der Waals surface area contributed by atoms with Crippen molar-refractivity contribution in [3.63, 3.8) is 0 Å². The molecule has 1 aliphatic rings. The van der Waals surface area contributed by atoms with Crippen LogP contribution in [0.5, 0.6) is 0 Å². The second-order valence-corrected chi connectivity index (χ2v) is 4.90. The van der Waals surface area contributed by atoms with Gasteiger partial charge in [0.2, 0.25) is 5.91 Å². The third-order valence-electron chi connectivity index (χ3n) is 3.41. The Kier molecular flexibility index (Phi) is 5.98. The lowest BCUT2D eigenvalue weighted by atomic mass is 9.95. The first-order chi connectivity index (χ1) is 9.06. The largest absolute Gasteiger partial charge is 0.480 e. The average molecular weight is 299 g/mol. The van der Waals surface area contributed by atoms with Crippen LogP contribution >= 0.6 is 12.4 Å². The van der Waals surface area contributed by atoms with Crippen LogP contribution in [0.2, 0.25) is 0 Å². The van der Waals surface area contributed by atoms with Crippen LogP contribution in [0, 0.1) is 0 Å². The van der Waals surface area contributed by atoms with Crippen molar-refractivity contribution in [3.05, 3.63) is 35.4 Å². The van der Waals surface area contributed by atoms with Crippen molar-refractivity contribution in [3.8, 4) is 0 Å². The van der Waals surface area contributed by atoms with Crippen LogP contribution in [-0.4, -0.2) is 41.0 Å². The molecule has 1 aromatic rings. The van der Waals surface area contributed by atoms with Crippen LogP contribution in [0.25, 0.3) is 0 Å². The smallest absolute Gasteiger partial charge is 0.322 e. The zero-order valence-corrected chi connectivity index (χ0v) is 12.2. The summed E-state index contributed by atoms with van der Waals surface area (Å²) in [5.41, 5.74) is 2.57. The van der Waals surface area contributed by atoms with Crippen molar-refractivity contribution in [1.82, 2.24) is 10.2 Å². The van der Waals surface area contributed by atoms with Gasteiger partial charge in [-0.25, -0.2) is 0 Å². The van der Waals surface area contributed by atoms with Gasteiger partial charge in [0.1, 0.15) is 6.54 Å². The molecule has 6 heteroatoms. The molecule has 1 aromatic carbocycles. The minimum atomic E-state index is -1.02. The number of carboxylic acid groups (broad SMARTS) is 1. The van der Waals surface area contributed by atoms with E-state index in [9.17, 15) is 9.59 Å². The fraction of sp³-hybridized carbons (Fsp3) is 0.429. The Morgan fingerprint density at radius 3 is 2.65 bits per heavy atom. The van der Waals surface area contributed by atoms with Gasteiger partial charge in [0.25, 0.3) is 0 Å². The van der Waals surface area contributed by atoms with E-state index in [1.165, 1.54) is 11.1 Å². The molecule has 5 nitrogen and oxygen atoms in total. The highest BCUT2D eigenvalue weighted by Gasteiger charge is 2.24. The number of amides is 1. The van der Waals surface area contributed by atoms with E-state index in [2.05, 4.69) is 29.3 Å². The first kappa shape index (κ1) is 16.5. The summed E-state index contributed by atoms with van der Waals surface area (Å²) in [7, 11) is 0. The number of nitrogens with zero attached hydrogens (tertiary/aromatic N) is 1. The van der Waals surface area contributed by atoms with Crippen LogP contribution in [-0.2, 0) is 22.6 Å². The summed E-state index contributed by atoms with van der Waals surface area (Å²) in [5.74, 6) is -1.26. The molecule has 0 radical (unpaired) electrons. The van der Waals surface area contributed by atoms with Gasteiger partial charge in [-0.15, -0.1) is 12.4 Å². The molecule has 0 spiro atoms. The van der Waals surface area contributed by atoms with E-state index >= 15 is 0 Å². The highest BCUT2D eigenvalue weighted by molar-refractivity contribution is 5.85. The van der Waals surface area contributed by atoms with Crippen molar-refractivity contribution in [2.75, 3.05) is 13.1 Å². The first-order valence-corrected chi connectivity index (χ1v) is 6.35. The van der Waals surface area contributed by atoms with Gasteiger partial charge in [-0.3, -0.25) is 14.5 Å². The number of carboxylic acids is 1. The van der Waals surface area contributed by atoms with Gasteiger partial charge in [0, 0.05) is 12.6 Å². The van der Waals surface area contributed by atoms with Crippen molar-refractivity contribution in [2.45, 2.75) is 25.9 Å². The minimum Gasteiger partial charge on any atom is -0.480 e. The highest BCUT2D eigenvalue weighted by Crippen LogP contribution is 2.22. The number of nitrogens with one attached hydrogen (secondary N) is 1. The number of benzene rings is 1. The molecule has 0 saturated carbocycles. The number of carbonyl (C=O) groups is 2. The van der Waals surface area contributed by atoms with Gasteiger partial charge in [-0.1, -0.05) is 24.3 Å². The molecule has 0 saturated heterocycles. The Labute approximate surface area is 124 Å². The average Bonchev–Trinajstić information content (AvgIpc) is 2.37. The molecule has 2 rings (SSSR count). The molecule has 1 aliphatic heterocycles. The maximum atomic E-state index is 11.7. The lowest BCUT2D eigenvalue weighted by molar-refractivity contribution is -0.138. The predicted octanol–water partition coefficient (Wildman–Crippen LogP) is 1.06. The lowest BCUT2D eigenvalue weighted by Crippen LogP contribution is -2.45. The summed E-state index contributed by atoms with van der Waals surface area (Å²) < 4.78 is 0. The summed E-state index contributed by atoms with van der Waals surface area (Å²) in [6, 6.07) is 8.50. The Balaban J connectivity index is 0.00000200. The van der Waals surface area contributed by atoms with Gasteiger partial charge in [-0.05, 0) is 24.5 Å². The second kappa shape index (κ2) is 7.26. The van der Waals surface area contributed by atoms with Crippen LogP contribution in [0.1, 0.15) is 18.1 Å². The van der Waals surface area contributed by atoms with Crippen LogP contribution in [0.4, 0.5) is 0 Å². The van der Waals surface area contributed by atoms with Gasteiger partial charge in [-0.2, -0.15) is 0 Å². The van der Waals surface area contributed by atoms with E-state index in [1.54, 1.807) is 0 Å². The van der Waals surface area contributed by atoms with Crippen molar-refractivity contribution in [1.29, 1.82) is 0 Å². The number of halogens is 1. The third-order valence-corrected chi connectivity index (χ3v) is 3.41. The molecule has 1 atom stereocenters. The molecule has 0 fully saturated rings. The minimum absolute atomic E-state index is 0. The summed E-state index contributed by atoms with van der Waals surface area (Å²) in [5, 5.41) is 10.9. The predicted molar refractivity (Wildman–Crippen MR) is 77.9 cm³/mol. The van der Waals surface area contributed by atoms with Gasteiger partial charge in [0.15, 0.2) is 0 Å². The Morgan fingerprint density at radius 1 is 1.35 bits per heavy atom. The van der Waals surface area contributed by atoms with Crippen LogP contribution in [0.3, 0.4) is 0 Å². The van der Waals surface area contributed by atoms with Gasteiger partial charge in [0.05, 0.1) is 6.54 Å². The number of hydrogen-bond donors (Lipinski definition) is 2. The quantitative estimate of drug-likeness (QED) is 0.872. The Bertz CT molecular complexity index is 493. The summed E-state index contributed by atoms with van der Waals surface area (Å²) in [6.45, 7) is 2.73. The molecule has 1 heterocycles. The summed E-state index contributed by atoms with van der Waals surface area (Å²) in [4.78, 5) is 24.1. The number of rotatable bonds is 4. The molecule has 0 aliphatic carbocycles. The van der Waals surface area contributed by atoms with E-state index in [1.807, 2.05) is 12.1 Å². The molecule has 110 valence electrons. The normalized spacial score (nSPS) is 17.8. The number of hydrogen-bond acceptors (Lipinski definition) is 3. The molecule has 2 N–H and O–H groups in total. The molecule has 0 bridgehead atoms. The standard InChI is InChI=1S/C14H18N2O3.ClH/c1-10-6-11-4-2-3-5-12(11)8-16(10)9-13(17)15-7-14(18)19;/h2-5,10H,6-9H2,1H3,(H,15,17)(H,18,19);1H. The summed E-state index contributed by atoms with van der Waals surface area (Å²) >= 11 is 0. The SMILES string of the molecule is CC1Cc2ccccc2CN1CC(=O)NCC(=O)O.Cl. The Morgan fingerprint density at radius 2 is 2.00 bits per heavy atom. The zero-order valence-electron chi connectivity index (χ0n) is 11.3. The fourth-order valence-electron chi connectivity index (χ4n) is 2.36. The van der Waals surface area contributed by atoms with E-state index in [0.29, 0.717) is 0 Å².